The van der Waals surface area contributed by atoms with Gasteiger partial charge in [0.05, 0.1) is 18.8 Å². The number of carbonyl (C=O) groups is 2. The van der Waals surface area contributed by atoms with Crippen LogP contribution in [0.25, 0.3) is 0 Å². The zero-order valence-corrected chi connectivity index (χ0v) is 20.7. The van der Waals surface area contributed by atoms with Gasteiger partial charge in [0.25, 0.3) is 0 Å². The predicted octanol–water partition coefficient (Wildman–Crippen LogP) is 6.43. The van der Waals surface area contributed by atoms with Gasteiger partial charge in [-0.1, -0.05) is 57.2 Å². The highest BCUT2D eigenvalue weighted by Gasteiger charge is 2.30. The molecule has 1 unspecified atom stereocenters. The van der Waals surface area contributed by atoms with E-state index < -0.39 is 18.5 Å². The number of esters is 2. The summed E-state index contributed by atoms with van der Waals surface area (Å²) in [4.78, 5) is 27.4. The maximum atomic E-state index is 12.0. The molecule has 1 fully saturated rings. The molecule has 1 aliphatic rings. The minimum Gasteiger partial charge on any atom is -0.462 e. The SMILES string of the molecule is C=C(C)C(=O)OCC(COC(=O)C(=C)COF)C1CCC(c2ccc(CCCCC)cc2)CC1. The average Bonchev–Trinajstić information content (AvgIpc) is 2.84. The molecule has 1 atom stereocenters. The molecule has 1 saturated carbocycles. The Morgan fingerprint density at radius 1 is 1.00 bits per heavy atom. The van der Waals surface area contributed by atoms with Crippen molar-refractivity contribution < 1.29 is 28.5 Å². The third-order valence-electron chi connectivity index (χ3n) is 6.68. The van der Waals surface area contributed by atoms with Crippen LogP contribution in [-0.4, -0.2) is 31.8 Å². The largest absolute Gasteiger partial charge is 0.462 e. The van der Waals surface area contributed by atoms with E-state index in [-0.39, 0.29) is 30.6 Å². The number of benzene rings is 1. The molecule has 0 amide bonds. The molecule has 0 heterocycles. The zero-order chi connectivity index (χ0) is 24.9. The van der Waals surface area contributed by atoms with Crippen molar-refractivity contribution in [1.82, 2.24) is 0 Å². The summed E-state index contributed by atoms with van der Waals surface area (Å²) in [6, 6.07) is 9.03. The molecule has 0 aromatic heterocycles. The lowest BCUT2D eigenvalue weighted by atomic mass is 9.74. The van der Waals surface area contributed by atoms with Crippen molar-refractivity contribution in [3.05, 3.63) is 59.7 Å². The molecule has 1 aromatic carbocycles. The van der Waals surface area contributed by atoms with E-state index in [1.807, 2.05) is 0 Å². The Morgan fingerprint density at radius 2 is 1.62 bits per heavy atom. The van der Waals surface area contributed by atoms with Gasteiger partial charge in [0.2, 0.25) is 0 Å². The van der Waals surface area contributed by atoms with Crippen LogP contribution in [0.1, 0.15) is 75.8 Å². The van der Waals surface area contributed by atoms with Crippen molar-refractivity contribution in [3.63, 3.8) is 0 Å². The second kappa shape index (κ2) is 14.7. The maximum Gasteiger partial charge on any atom is 0.335 e. The number of rotatable bonds is 14. The van der Waals surface area contributed by atoms with Gasteiger partial charge in [0, 0.05) is 11.5 Å². The van der Waals surface area contributed by atoms with E-state index >= 15 is 0 Å². The summed E-state index contributed by atoms with van der Waals surface area (Å²) in [6.45, 7) is 10.6. The fourth-order valence-corrected chi connectivity index (χ4v) is 4.50. The third kappa shape index (κ3) is 9.05. The van der Waals surface area contributed by atoms with Crippen LogP contribution in [0.4, 0.5) is 4.53 Å². The molecular weight excluding hydrogens is 435 g/mol. The molecule has 0 aliphatic heterocycles. The van der Waals surface area contributed by atoms with Gasteiger partial charge in [-0.2, -0.15) is 4.94 Å². The van der Waals surface area contributed by atoms with Crippen molar-refractivity contribution in [1.29, 1.82) is 0 Å². The van der Waals surface area contributed by atoms with E-state index in [0.717, 1.165) is 32.1 Å². The molecule has 0 radical (unpaired) electrons. The first-order chi connectivity index (χ1) is 16.3. The minimum absolute atomic E-state index is 0.0788. The quantitative estimate of drug-likeness (QED) is 0.177. The summed E-state index contributed by atoms with van der Waals surface area (Å²) in [5.74, 6) is -0.557. The molecule has 1 aromatic rings. The highest BCUT2D eigenvalue weighted by molar-refractivity contribution is 5.88. The van der Waals surface area contributed by atoms with Gasteiger partial charge in [-0.3, -0.25) is 0 Å². The highest BCUT2D eigenvalue weighted by Crippen LogP contribution is 2.39. The van der Waals surface area contributed by atoms with E-state index in [4.69, 9.17) is 9.47 Å². The summed E-state index contributed by atoms with van der Waals surface area (Å²) < 4.78 is 22.7. The number of carbonyl (C=O) groups excluding carboxylic acids is 2. The first-order valence-electron chi connectivity index (χ1n) is 12.4. The molecule has 188 valence electrons. The lowest BCUT2D eigenvalue weighted by Gasteiger charge is -2.33. The van der Waals surface area contributed by atoms with Crippen LogP contribution >= 0.6 is 0 Å². The topological polar surface area (TPSA) is 61.8 Å². The fourth-order valence-electron chi connectivity index (χ4n) is 4.50. The number of hydrogen-bond donors (Lipinski definition) is 0. The summed E-state index contributed by atoms with van der Waals surface area (Å²) in [5, 5.41) is 0. The van der Waals surface area contributed by atoms with Crippen LogP contribution < -0.4 is 0 Å². The van der Waals surface area contributed by atoms with Gasteiger partial charge < -0.3 is 9.47 Å². The van der Waals surface area contributed by atoms with Gasteiger partial charge in [0.15, 0.2) is 0 Å². The number of ether oxygens (including phenoxy) is 2. The van der Waals surface area contributed by atoms with Gasteiger partial charge in [-0.25, -0.2) is 9.59 Å². The summed E-state index contributed by atoms with van der Waals surface area (Å²) in [6.07, 6.45) is 8.82. The van der Waals surface area contributed by atoms with Crippen LogP contribution in [0.15, 0.2) is 48.6 Å². The van der Waals surface area contributed by atoms with Crippen LogP contribution in [-0.2, 0) is 30.4 Å². The molecule has 0 N–H and O–H groups in total. The fraction of sp³-hybridized carbons (Fsp3) is 0.571. The van der Waals surface area contributed by atoms with Crippen molar-refractivity contribution in [2.45, 2.75) is 71.1 Å². The van der Waals surface area contributed by atoms with Crippen molar-refractivity contribution in [3.8, 4) is 0 Å². The highest BCUT2D eigenvalue weighted by atomic mass is 19.3. The van der Waals surface area contributed by atoms with Gasteiger partial charge >= 0.3 is 11.9 Å². The first-order valence-corrected chi connectivity index (χ1v) is 12.4. The summed E-state index contributed by atoms with van der Waals surface area (Å²) in [5.41, 5.74) is 3.00. The number of halogens is 1. The second-order valence-corrected chi connectivity index (χ2v) is 9.40. The Kier molecular flexibility index (Phi) is 12.0. The van der Waals surface area contributed by atoms with Crippen molar-refractivity contribution >= 4 is 11.9 Å². The Labute approximate surface area is 203 Å². The number of aryl methyl sites for hydroxylation is 1. The maximum absolute atomic E-state index is 12.0. The predicted molar refractivity (Wildman–Crippen MR) is 131 cm³/mol. The van der Waals surface area contributed by atoms with E-state index in [1.165, 1.54) is 30.4 Å². The smallest absolute Gasteiger partial charge is 0.335 e. The first kappa shape index (κ1) is 27.8. The van der Waals surface area contributed by atoms with Gasteiger partial charge in [-0.05, 0) is 72.9 Å². The average molecular weight is 475 g/mol. The lowest BCUT2D eigenvalue weighted by molar-refractivity contribution is -0.150. The van der Waals surface area contributed by atoms with E-state index in [9.17, 15) is 14.1 Å². The van der Waals surface area contributed by atoms with E-state index in [1.54, 1.807) is 6.92 Å². The third-order valence-corrected chi connectivity index (χ3v) is 6.68. The Morgan fingerprint density at radius 3 is 2.18 bits per heavy atom. The summed E-state index contributed by atoms with van der Waals surface area (Å²) >= 11 is 0. The molecule has 0 bridgehead atoms. The van der Waals surface area contributed by atoms with Crippen LogP contribution in [0.5, 0.6) is 0 Å². The van der Waals surface area contributed by atoms with Crippen LogP contribution in [0, 0.1) is 11.8 Å². The minimum atomic E-state index is -0.707. The zero-order valence-electron chi connectivity index (χ0n) is 20.7. The number of unbranched alkanes of at least 4 members (excludes halogenated alkanes) is 2. The molecule has 34 heavy (non-hydrogen) atoms. The monoisotopic (exact) mass is 474 g/mol. The van der Waals surface area contributed by atoms with Crippen molar-refractivity contribution in [2.24, 2.45) is 11.8 Å². The number of hydrogen-bond acceptors (Lipinski definition) is 5. The lowest BCUT2D eigenvalue weighted by Crippen LogP contribution is -2.30. The van der Waals surface area contributed by atoms with Gasteiger partial charge in [0.1, 0.15) is 6.61 Å². The van der Waals surface area contributed by atoms with Gasteiger partial charge in [-0.15, -0.1) is 0 Å². The molecule has 5 nitrogen and oxygen atoms in total. The second-order valence-electron chi connectivity index (χ2n) is 9.40. The Balaban J connectivity index is 1.93. The normalized spacial score (nSPS) is 18.7. The summed E-state index contributed by atoms with van der Waals surface area (Å²) in [7, 11) is 0. The Hall–Kier alpha value is -2.47. The standard InChI is InChI=1S/C28H39FO5/c1-5-6-7-8-22-9-11-23(12-10-22)24-13-15-25(16-14-24)26(18-32-27(30)20(2)3)19-33-28(31)21(4)17-34-29/h9-12,24-26H,2,4-8,13-19H2,1,3H3. The molecule has 6 heteroatoms. The molecule has 0 saturated heterocycles. The van der Waals surface area contributed by atoms with Crippen molar-refractivity contribution in [2.75, 3.05) is 19.8 Å². The molecule has 0 spiro atoms. The molecular formula is C28H39FO5. The van der Waals surface area contributed by atoms with E-state index in [2.05, 4.69) is 49.3 Å². The van der Waals surface area contributed by atoms with Crippen LogP contribution in [0.3, 0.4) is 0 Å². The Bertz CT molecular complexity index is 809. The molecule has 1 aliphatic carbocycles. The van der Waals surface area contributed by atoms with Crippen LogP contribution in [0.2, 0.25) is 0 Å². The molecule has 2 rings (SSSR count). The van der Waals surface area contributed by atoms with E-state index in [0.29, 0.717) is 11.5 Å².